The maximum absolute atomic E-state index is 12.6. The van der Waals surface area contributed by atoms with Crippen LogP contribution in [0.5, 0.6) is 0 Å². The van der Waals surface area contributed by atoms with Crippen molar-refractivity contribution >= 4 is 17.6 Å². The van der Waals surface area contributed by atoms with E-state index < -0.39 is 5.97 Å². The molecule has 108 valence electrons. The first-order chi connectivity index (χ1) is 9.68. The molecule has 5 nitrogen and oxygen atoms in total. The van der Waals surface area contributed by atoms with E-state index in [0.717, 1.165) is 31.5 Å². The molecule has 1 heterocycles. The molecule has 0 aliphatic carbocycles. The second-order valence-corrected chi connectivity index (χ2v) is 4.97. The minimum Gasteiger partial charge on any atom is -0.481 e. The number of carbonyl (C=O) groups is 2. The van der Waals surface area contributed by atoms with Crippen molar-refractivity contribution in [1.29, 1.82) is 0 Å². The van der Waals surface area contributed by atoms with Crippen molar-refractivity contribution in [1.82, 2.24) is 5.32 Å². The van der Waals surface area contributed by atoms with Crippen LogP contribution in [-0.4, -0.2) is 36.1 Å². The van der Waals surface area contributed by atoms with Crippen molar-refractivity contribution in [2.24, 2.45) is 0 Å². The lowest BCUT2D eigenvalue weighted by Crippen LogP contribution is -2.49. The summed E-state index contributed by atoms with van der Waals surface area (Å²) in [5.74, 6) is -0.924. The summed E-state index contributed by atoms with van der Waals surface area (Å²) in [6, 6.07) is 9.06. The summed E-state index contributed by atoms with van der Waals surface area (Å²) in [5, 5.41) is 12.1. The molecular weight excluding hydrogens is 256 g/mol. The van der Waals surface area contributed by atoms with Gasteiger partial charge in [0.05, 0.1) is 12.5 Å². The number of piperidine rings is 1. The van der Waals surface area contributed by atoms with Crippen molar-refractivity contribution < 1.29 is 14.7 Å². The van der Waals surface area contributed by atoms with Gasteiger partial charge in [0.15, 0.2) is 0 Å². The van der Waals surface area contributed by atoms with E-state index >= 15 is 0 Å². The Kier molecular flexibility index (Phi) is 5.12. The second-order valence-electron chi connectivity index (χ2n) is 4.97. The van der Waals surface area contributed by atoms with Crippen LogP contribution in [0.25, 0.3) is 0 Å². The number of aliphatic carboxylic acids is 1. The topological polar surface area (TPSA) is 69.6 Å². The molecule has 0 unspecified atom stereocenters. The summed E-state index contributed by atoms with van der Waals surface area (Å²) < 4.78 is 0. The van der Waals surface area contributed by atoms with E-state index in [9.17, 15) is 9.59 Å². The number of para-hydroxylation sites is 1. The summed E-state index contributed by atoms with van der Waals surface area (Å²) in [6.45, 7) is 1.05. The van der Waals surface area contributed by atoms with Crippen LogP contribution in [0.2, 0.25) is 0 Å². The van der Waals surface area contributed by atoms with Crippen LogP contribution in [0.3, 0.4) is 0 Å². The average Bonchev–Trinajstić information content (AvgIpc) is 2.49. The first-order valence-corrected chi connectivity index (χ1v) is 7.00. The van der Waals surface area contributed by atoms with Crippen LogP contribution >= 0.6 is 0 Å². The predicted octanol–water partition coefficient (Wildman–Crippen LogP) is 1.64. The van der Waals surface area contributed by atoms with Gasteiger partial charge in [-0.05, 0) is 31.5 Å². The molecule has 2 rings (SSSR count). The van der Waals surface area contributed by atoms with Gasteiger partial charge in [0.25, 0.3) is 0 Å². The van der Waals surface area contributed by atoms with Crippen molar-refractivity contribution in [3.8, 4) is 0 Å². The zero-order chi connectivity index (χ0) is 14.4. The molecule has 0 radical (unpaired) electrons. The molecule has 1 aliphatic rings. The van der Waals surface area contributed by atoms with E-state index in [4.69, 9.17) is 5.11 Å². The van der Waals surface area contributed by atoms with Crippen LogP contribution in [-0.2, 0) is 9.59 Å². The summed E-state index contributed by atoms with van der Waals surface area (Å²) in [4.78, 5) is 24.9. The van der Waals surface area contributed by atoms with Crippen molar-refractivity contribution in [2.45, 2.75) is 31.7 Å². The third-order valence-corrected chi connectivity index (χ3v) is 3.49. The van der Waals surface area contributed by atoms with Crippen molar-refractivity contribution in [3.05, 3.63) is 30.3 Å². The lowest BCUT2D eigenvalue weighted by molar-refractivity contribution is -0.136. The largest absolute Gasteiger partial charge is 0.481 e. The Morgan fingerprint density at radius 2 is 2.00 bits per heavy atom. The molecule has 0 aromatic heterocycles. The van der Waals surface area contributed by atoms with Gasteiger partial charge in [-0.25, -0.2) is 0 Å². The highest BCUT2D eigenvalue weighted by molar-refractivity contribution is 5.97. The Hall–Kier alpha value is -1.88. The number of nitrogens with zero attached hydrogens (tertiary/aromatic N) is 1. The van der Waals surface area contributed by atoms with Gasteiger partial charge in [0, 0.05) is 12.2 Å². The summed E-state index contributed by atoms with van der Waals surface area (Å²) in [7, 11) is 0. The monoisotopic (exact) mass is 276 g/mol. The number of hydrogen-bond acceptors (Lipinski definition) is 3. The Morgan fingerprint density at radius 1 is 1.25 bits per heavy atom. The number of amides is 1. The number of carboxylic acid groups (broad SMARTS) is 1. The average molecular weight is 276 g/mol. The lowest BCUT2D eigenvalue weighted by Gasteiger charge is -2.29. The summed E-state index contributed by atoms with van der Waals surface area (Å²) in [6.07, 6.45) is 2.89. The fourth-order valence-electron chi connectivity index (χ4n) is 2.43. The van der Waals surface area contributed by atoms with E-state index in [1.165, 1.54) is 0 Å². The number of anilines is 1. The zero-order valence-electron chi connectivity index (χ0n) is 11.4. The van der Waals surface area contributed by atoms with Crippen LogP contribution in [0.4, 0.5) is 5.69 Å². The van der Waals surface area contributed by atoms with E-state index in [2.05, 4.69) is 5.32 Å². The molecule has 1 aromatic rings. The fraction of sp³-hybridized carbons (Fsp3) is 0.467. The Labute approximate surface area is 118 Å². The van der Waals surface area contributed by atoms with Gasteiger partial charge in [-0.3, -0.25) is 9.59 Å². The molecule has 1 amide bonds. The smallest absolute Gasteiger partial charge is 0.305 e. The Balaban J connectivity index is 2.12. The SMILES string of the molecule is O=C(O)CCN(C(=O)[C@@H]1CCCCN1)c1ccccc1. The highest BCUT2D eigenvalue weighted by Gasteiger charge is 2.26. The molecule has 2 N–H and O–H groups in total. The number of carbonyl (C=O) groups excluding carboxylic acids is 1. The fourth-order valence-corrected chi connectivity index (χ4v) is 2.43. The molecule has 1 aromatic carbocycles. The minimum absolute atomic E-state index is 0.0304. The van der Waals surface area contributed by atoms with Crippen LogP contribution in [0.15, 0.2) is 30.3 Å². The molecule has 0 bridgehead atoms. The molecule has 20 heavy (non-hydrogen) atoms. The molecule has 5 heteroatoms. The van der Waals surface area contributed by atoms with Crippen LogP contribution in [0, 0.1) is 0 Å². The first kappa shape index (κ1) is 14.5. The van der Waals surface area contributed by atoms with E-state index in [1.54, 1.807) is 4.90 Å². The molecule has 1 atom stereocenters. The maximum Gasteiger partial charge on any atom is 0.305 e. The second kappa shape index (κ2) is 7.05. The molecule has 1 fully saturated rings. The maximum atomic E-state index is 12.6. The number of carboxylic acids is 1. The standard InChI is InChI=1S/C15H20N2O3/c18-14(19)9-11-17(12-6-2-1-3-7-12)15(20)13-8-4-5-10-16-13/h1-3,6-7,13,16H,4-5,8-11H2,(H,18,19)/t13-/m0/s1. The number of benzene rings is 1. The number of rotatable bonds is 5. The normalized spacial score (nSPS) is 18.5. The third kappa shape index (κ3) is 3.81. The van der Waals surface area contributed by atoms with Gasteiger partial charge >= 0.3 is 5.97 Å². The van der Waals surface area contributed by atoms with Gasteiger partial charge in [0.2, 0.25) is 5.91 Å². The first-order valence-electron chi connectivity index (χ1n) is 7.00. The highest BCUT2D eigenvalue weighted by atomic mass is 16.4. The van der Waals surface area contributed by atoms with Gasteiger partial charge < -0.3 is 15.3 Å². The quantitative estimate of drug-likeness (QED) is 0.857. The summed E-state index contributed by atoms with van der Waals surface area (Å²) >= 11 is 0. The summed E-state index contributed by atoms with van der Waals surface area (Å²) in [5.41, 5.74) is 0.756. The van der Waals surface area contributed by atoms with Crippen LogP contribution in [0.1, 0.15) is 25.7 Å². The number of hydrogen-bond donors (Lipinski definition) is 2. The van der Waals surface area contributed by atoms with Crippen LogP contribution < -0.4 is 10.2 Å². The lowest BCUT2D eigenvalue weighted by atomic mass is 10.0. The molecule has 0 spiro atoms. The molecular formula is C15H20N2O3. The Morgan fingerprint density at radius 3 is 2.60 bits per heavy atom. The van der Waals surface area contributed by atoms with Crippen molar-refractivity contribution in [3.63, 3.8) is 0 Å². The molecule has 1 aliphatic heterocycles. The van der Waals surface area contributed by atoms with Gasteiger partial charge in [-0.15, -0.1) is 0 Å². The van der Waals surface area contributed by atoms with Gasteiger partial charge in [0.1, 0.15) is 0 Å². The molecule has 1 saturated heterocycles. The zero-order valence-corrected chi connectivity index (χ0v) is 11.4. The predicted molar refractivity (Wildman–Crippen MR) is 76.7 cm³/mol. The highest BCUT2D eigenvalue weighted by Crippen LogP contribution is 2.18. The van der Waals surface area contributed by atoms with Gasteiger partial charge in [-0.1, -0.05) is 24.6 Å². The van der Waals surface area contributed by atoms with Gasteiger partial charge in [-0.2, -0.15) is 0 Å². The van der Waals surface area contributed by atoms with Crippen molar-refractivity contribution in [2.75, 3.05) is 18.0 Å². The molecule has 0 saturated carbocycles. The van der Waals surface area contributed by atoms with E-state index in [0.29, 0.717) is 0 Å². The van der Waals surface area contributed by atoms with E-state index in [1.807, 2.05) is 30.3 Å². The Bertz CT molecular complexity index is 455. The minimum atomic E-state index is -0.893. The third-order valence-electron chi connectivity index (χ3n) is 3.49. The van der Waals surface area contributed by atoms with E-state index in [-0.39, 0.29) is 24.9 Å². The number of nitrogens with one attached hydrogen (secondary N) is 1.